The highest BCUT2D eigenvalue weighted by molar-refractivity contribution is 6.34. The summed E-state index contributed by atoms with van der Waals surface area (Å²) in [5.41, 5.74) is 5.82. The number of likely N-dealkylation sites (tertiary alicyclic amines) is 1. The van der Waals surface area contributed by atoms with Crippen LogP contribution in [-0.4, -0.2) is 54.1 Å². The number of nitrogens with zero attached hydrogens (tertiary/aromatic N) is 4. The van der Waals surface area contributed by atoms with E-state index in [-0.39, 0.29) is 16.7 Å². The summed E-state index contributed by atoms with van der Waals surface area (Å²) in [5.74, 6) is 0.748. The number of amides is 1. The zero-order chi connectivity index (χ0) is 28.1. The summed E-state index contributed by atoms with van der Waals surface area (Å²) in [5, 5.41) is 16.8. The van der Waals surface area contributed by atoms with E-state index >= 15 is 0 Å². The van der Waals surface area contributed by atoms with E-state index in [0.29, 0.717) is 39.2 Å². The topological polar surface area (TPSA) is 103 Å². The Labute approximate surface area is 239 Å². The van der Waals surface area contributed by atoms with Crippen LogP contribution in [0.15, 0.2) is 36.5 Å². The summed E-state index contributed by atoms with van der Waals surface area (Å²) in [6.07, 6.45) is 5.90. The summed E-state index contributed by atoms with van der Waals surface area (Å²) in [6, 6.07) is 11.6. The van der Waals surface area contributed by atoms with Crippen LogP contribution in [-0.2, 0) is 11.8 Å². The third kappa shape index (κ3) is 4.67. The standard InChI is InChI=1S/C31H33ClN6O2/c1-30(2)8-5-21-20(15-33)11-19(12-23(21)30)25-6-10-35-29(36-25)37-26-14-24(32)22(13-27(26)40-3)28(39)38-17-31(18-38)7-4-9-34-16-31/h6,10-14,34H,4-5,7-9,16-18H2,1-3H3,(H,35,36,37). The van der Waals surface area contributed by atoms with Crippen LogP contribution < -0.4 is 15.4 Å². The molecule has 1 spiro atoms. The Kier molecular flexibility index (Phi) is 6.68. The summed E-state index contributed by atoms with van der Waals surface area (Å²) >= 11 is 6.64. The molecule has 3 heterocycles. The molecule has 3 aliphatic rings. The molecule has 2 saturated heterocycles. The number of hydrogen-bond donors (Lipinski definition) is 2. The van der Waals surface area contributed by atoms with Gasteiger partial charge < -0.3 is 20.3 Å². The Bertz CT molecular complexity index is 1530. The fourth-order valence-corrected chi connectivity index (χ4v) is 6.67. The number of carbonyl (C=O) groups excluding carboxylic acids is 1. The van der Waals surface area contributed by atoms with Crippen molar-refractivity contribution in [3.8, 4) is 23.1 Å². The largest absolute Gasteiger partial charge is 0.495 e. The lowest BCUT2D eigenvalue weighted by Crippen LogP contribution is -2.63. The first kappa shape index (κ1) is 26.5. The van der Waals surface area contributed by atoms with Gasteiger partial charge in [-0.1, -0.05) is 25.4 Å². The number of fused-ring (bicyclic) bond motifs is 1. The van der Waals surface area contributed by atoms with Gasteiger partial charge in [0.05, 0.1) is 40.7 Å². The van der Waals surface area contributed by atoms with Gasteiger partial charge in [0.15, 0.2) is 0 Å². The van der Waals surface area contributed by atoms with Crippen LogP contribution in [0.3, 0.4) is 0 Å². The molecule has 8 nitrogen and oxygen atoms in total. The molecular weight excluding hydrogens is 524 g/mol. The normalized spacial score (nSPS) is 18.5. The number of halogens is 1. The van der Waals surface area contributed by atoms with Crippen molar-refractivity contribution < 1.29 is 9.53 Å². The highest BCUT2D eigenvalue weighted by atomic mass is 35.5. The molecule has 206 valence electrons. The maximum atomic E-state index is 13.3. The molecule has 0 bridgehead atoms. The maximum Gasteiger partial charge on any atom is 0.255 e. The van der Waals surface area contributed by atoms with E-state index in [1.165, 1.54) is 5.56 Å². The summed E-state index contributed by atoms with van der Waals surface area (Å²) in [6.45, 7) is 7.92. The fourth-order valence-electron chi connectivity index (χ4n) is 6.43. The maximum absolute atomic E-state index is 13.3. The lowest BCUT2D eigenvalue weighted by atomic mass is 9.74. The van der Waals surface area contributed by atoms with Gasteiger partial charge in [-0.2, -0.15) is 5.26 Å². The number of hydrogen-bond acceptors (Lipinski definition) is 7. The molecule has 0 radical (unpaired) electrons. The minimum absolute atomic E-state index is 0.0122. The minimum atomic E-state index is -0.0860. The molecule has 0 atom stereocenters. The molecule has 2 aliphatic heterocycles. The van der Waals surface area contributed by atoms with Gasteiger partial charge in [0.25, 0.3) is 5.91 Å². The number of aromatic nitrogens is 2. The van der Waals surface area contributed by atoms with Crippen LogP contribution in [0.25, 0.3) is 11.3 Å². The van der Waals surface area contributed by atoms with Crippen LogP contribution in [0.4, 0.5) is 11.6 Å². The lowest BCUT2D eigenvalue weighted by Gasteiger charge is -2.52. The predicted molar refractivity (Wildman–Crippen MR) is 155 cm³/mol. The Morgan fingerprint density at radius 3 is 2.77 bits per heavy atom. The Balaban J connectivity index is 1.25. The summed E-state index contributed by atoms with van der Waals surface area (Å²) < 4.78 is 5.63. The molecule has 2 N–H and O–H groups in total. The SMILES string of the molecule is COc1cc(C(=O)N2CC3(CCCNC3)C2)c(Cl)cc1Nc1nccc(-c2cc(C#N)c3c(c2)C(C)(C)CC3)n1. The molecule has 0 saturated carbocycles. The van der Waals surface area contributed by atoms with E-state index in [0.717, 1.165) is 63.0 Å². The van der Waals surface area contributed by atoms with E-state index < -0.39 is 0 Å². The molecule has 0 unspecified atom stereocenters. The number of methoxy groups -OCH3 is 1. The summed E-state index contributed by atoms with van der Waals surface area (Å²) in [4.78, 5) is 24.3. The molecule has 40 heavy (non-hydrogen) atoms. The van der Waals surface area contributed by atoms with Crippen molar-refractivity contribution >= 4 is 29.1 Å². The number of carbonyl (C=O) groups is 1. The second kappa shape index (κ2) is 10.1. The van der Waals surface area contributed by atoms with Gasteiger partial charge in [0.1, 0.15) is 5.75 Å². The van der Waals surface area contributed by atoms with Gasteiger partial charge in [0, 0.05) is 36.8 Å². The van der Waals surface area contributed by atoms with Gasteiger partial charge in [0.2, 0.25) is 5.95 Å². The number of nitriles is 1. The van der Waals surface area contributed by atoms with Crippen molar-refractivity contribution in [1.82, 2.24) is 20.2 Å². The van der Waals surface area contributed by atoms with Crippen LogP contribution in [0.1, 0.15) is 60.2 Å². The molecule has 1 aromatic heterocycles. The van der Waals surface area contributed by atoms with Gasteiger partial charge in [-0.3, -0.25) is 4.79 Å². The number of rotatable bonds is 5. The smallest absolute Gasteiger partial charge is 0.255 e. The Hall–Kier alpha value is -3.67. The van der Waals surface area contributed by atoms with Gasteiger partial charge in [-0.05, 0) is 79.1 Å². The molecule has 1 amide bonds. The highest BCUT2D eigenvalue weighted by Crippen LogP contribution is 2.42. The summed E-state index contributed by atoms with van der Waals surface area (Å²) in [7, 11) is 1.56. The molecule has 6 rings (SSSR count). The minimum Gasteiger partial charge on any atom is -0.495 e. The van der Waals surface area contributed by atoms with E-state index in [1.54, 1.807) is 25.4 Å². The van der Waals surface area contributed by atoms with Crippen molar-refractivity contribution in [3.63, 3.8) is 0 Å². The predicted octanol–water partition coefficient (Wildman–Crippen LogP) is 5.47. The van der Waals surface area contributed by atoms with E-state index in [1.807, 2.05) is 17.0 Å². The number of anilines is 2. The molecular formula is C31H33ClN6O2. The van der Waals surface area contributed by atoms with Crippen molar-refractivity contribution in [2.45, 2.75) is 44.9 Å². The first-order valence-corrected chi connectivity index (χ1v) is 14.2. The van der Waals surface area contributed by atoms with E-state index in [9.17, 15) is 10.1 Å². The number of piperidine rings is 1. The average molecular weight is 557 g/mol. The van der Waals surface area contributed by atoms with Gasteiger partial charge in [-0.25, -0.2) is 9.97 Å². The fraction of sp³-hybridized carbons (Fsp3) is 0.419. The Morgan fingerprint density at radius 2 is 2.05 bits per heavy atom. The third-order valence-corrected chi connectivity index (χ3v) is 9.03. The lowest BCUT2D eigenvalue weighted by molar-refractivity contribution is -0.00722. The van der Waals surface area contributed by atoms with Crippen molar-refractivity contribution in [1.29, 1.82) is 5.26 Å². The number of nitrogens with one attached hydrogen (secondary N) is 2. The first-order valence-electron chi connectivity index (χ1n) is 13.8. The quantitative estimate of drug-likeness (QED) is 0.429. The van der Waals surface area contributed by atoms with Crippen LogP contribution in [0, 0.1) is 16.7 Å². The van der Waals surface area contributed by atoms with E-state index in [4.69, 9.17) is 21.3 Å². The Morgan fingerprint density at radius 1 is 1.23 bits per heavy atom. The molecule has 9 heteroatoms. The van der Waals surface area contributed by atoms with Crippen LogP contribution in [0.5, 0.6) is 5.75 Å². The highest BCUT2D eigenvalue weighted by Gasteiger charge is 2.46. The molecule has 2 fully saturated rings. The first-order chi connectivity index (χ1) is 19.2. The second-order valence-corrected chi connectivity index (χ2v) is 12.3. The number of benzene rings is 2. The zero-order valence-electron chi connectivity index (χ0n) is 23.1. The van der Waals surface area contributed by atoms with Gasteiger partial charge >= 0.3 is 0 Å². The second-order valence-electron chi connectivity index (χ2n) is 11.9. The van der Waals surface area contributed by atoms with Crippen molar-refractivity contribution in [3.05, 3.63) is 63.8 Å². The molecule has 3 aromatic rings. The van der Waals surface area contributed by atoms with E-state index in [2.05, 4.69) is 41.6 Å². The monoisotopic (exact) mass is 556 g/mol. The molecule has 1 aliphatic carbocycles. The van der Waals surface area contributed by atoms with Crippen LogP contribution in [0.2, 0.25) is 5.02 Å². The zero-order valence-corrected chi connectivity index (χ0v) is 23.9. The molecule has 2 aromatic carbocycles. The van der Waals surface area contributed by atoms with Crippen LogP contribution >= 0.6 is 11.6 Å². The number of ether oxygens (including phenoxy) is 1. The van der Waals surface area contributed by atoms with Crippen molar-refractivity contribution in [2.24, 2.45) is 5.41 Å². The van der Waals surface area contributed by atoms with Gasteiger partial charge in [-0.15, -0.1) is 0 Å². The third-order valence-electron chi connectivity index (χ3n) is 8.72. The average Bonchev–Trinajstić information content (AvgIpc) is 3.25. The van der Waals surface area contributed by atoms with Crippen molar-refractivity contribution in [2.75, 3.05) is 38.6 Å².